The highest BCUT2D eigenvalue weighted by Gasteiger charge is 2.19. The number of nitrogens with one attached hydrogen (secondary N) is 1. The molecule has 0 bridgehead atoms. The first-order valence-electron chi connectivity index (χ1n) is 7.89. The molecule has 0 spiro atoms. The van der Waals surface area contributed by atoms with Crippen molar-refractivity contribution in [2.45, 2.75) is 32.4 Å². The summed E-state index contributed by atoms with van der Waals surface area (Å²) in [6.45, 7) is 6.74. The Kier molecular flexibility index (Phi) is 4.68. The Morgan fingerprint density at radius 1 is 1.24 bits per heavy atom. The average molecular weight is 284 g/mol. The standard InChI is InChI=1S/C17H24N4/c1-2-20(17-7-9-18-10-8-17)13-15-3-5-16(6-4-15)21-12-11-19-14-21/h3-6,11-12,14,17-18H,2,7-10,13H2,1H3. The second-order valence-electron chi connectivity index (χ2n) is 5.68. The SMILES string of the molecule is CCN(Cc1ccc(-n2ccnc2)cc1)C1CCNCC1. The van der Waals surface area contributed by atoms with Crippen LogP contribution in [0.25, 0.3) is 5.69 Å². The first-order valence-corrected chi connectivity index (χ1v) is 7.89. The molecule has 1 fully saturated rings. The van der Waals surface area contributed by atoms with Gasteiger partial charge in [-0.2, -0.15) is 0 Å². The van der Waals surface area contributed by atoms with Crippen molar-refractivity contribution in [1.82, 2.24) is 19.8 Å². The molecule has 1 aliphatic rings. The summed E-state index contributed by atoms with van der Waals surface area (Å²) in [5, 5.41) is 3.45. The predicted octanol–water partition coefficient (Wildman–Crippen LogP) is 2.45. The Morgan fingerprint density at radius 2 is 2.00 bits per heavy atom. The fourth-order valence-corrected chi connectivity index (χ4v) is 3.09. The molecule has 0 radical (unpaired) electrons. The van der Waals surface area contributed by atoms with Gasteiger partial charge < -0.3 is 9.88 Å². The Bertz CT molecular complexity index is 526. The van der Waals surface area contributed by atoms with E-state index < -0.39 is 0 Å². The summed E-state index contributed by atoms with van der Waals surface area (Å²) in [7, 11) is 0. The van der Waals surface area contributed by atoms with Crippen molar-refractivity contribution < 1.29 is 0 Å². The second kappa shape index (κ2) is 6.87. The molecule has 4 heteroatoms. The van der Waals surface area contributed by atoms with Gasteiger partial charge in [-0.1, -0.05) is 19.1 Å². The lowest BCUT2D eigenvalue weighted by Gasteiger charge is -2.34. The van der Waals surface area contributed by atoms with Crippen molar-refractivity contribution >= 4 is 0 Å². The number of hydrogen-bond donors (Lipinski definition) is 1. The van der Waals surface area contributed by atoms with E-state index in [4.69, 9.17) is 0 Å². The maximum absolute atomic E-state index is 4.09. The van der Waals surface area contributed by atoms with Crippen molar-refractivity contribution in [1.29, 1.82) is 0 Å². The van der Waals surface area contributed by atoms with Crippen LogP contribution in [0.15, 0.2) is 43.0 Å². The van der Waals surface area contributed by atoms with E-state index in [1.807, 2.05) is 23.3 Å². The van der Waals surface area contributed by atoms with Gasteiger partial charge in [0.25, 0.3) is 0 Å². The van der Waals surface area contributed by atoms with Crippen LogP contribution in [0, 0.1) is 0 Å². The summed E-state index contributed by atoms with van der Waals surface area (Å²) in [6.07, 6.45) is 8.15. The molecule has 1 aromatic carbocycles. The topological polar surface area (TPSA) is 33.1 Å². The maximum atomic E-state index is 4.09. The first kappa shape index (κ1) is 14.3. The van der Waals surface area contributed by atoms with Crippen LogP contribution in [0.2, 0.25) is 0 Å². The zero-order valence-electron chi connectivity index (χ0n) is 12.7. The highest BCUT2D eigenvalue weighted by atomic mass is 15.2. The van der Waals surface area contributed by atoms with Gasteiger partial charge in [0.05, 0.1) is 6.33 Å². The molecule has 0 saturated carbocycles. The zero-order chi connectivity index (χ0) is 14.5. The van der Waals surface area contributed by atoms with Gasteiger partial charge >= 0.3 is 0 Å². The maximum Gasteiger partial charge on any atom is 0.0991 e. The van der Waals surface area contributed by atoms with Crippen molar-refractivity contribution in [3.8, 4) is 5.69 Å². The molecule has 1 aromatic heterocycles. The van der Waals surface area contributed by atoms with Crippen LogP contribution in [-0.2, 0) is 6.54 Å². The van der Waals surface area contributed by atoms with E-state index in [0.717, 1.165) is 32.2 Å². The highest BCUT2D eigenvalue weighted by Crippen LogP contribution is 2.16. The number of piperidine rings is 1. The van der Waals surface area contributed by atoms with Crippen molar-refractivity contribution in [3.05, 3.63) is 48.5 Å². The summed E-state index contributed by atoms with van der Waals surface area (Å²) in [5.74, 6) is 0. The normalized spacial score (nSPS) is 16.5. The number of aromatic nitrogens is 2. The minimum absolute atomic E-state index is 0.726. The second-order valence-corrected chi connectivity index (χ2v) is 5.68. The van der Waals surface area contributed by atoms with Crippen LogP contribution in [0.5, 0.6) is 0 Å². The van der Waals surface area contributed by atoms with Gasteiger partial charge in [-0.15, -0.1) is 0 Å². The molecular formula is C17H24N4. The summed E-state index contributed by atoms with van der Waals surface area (Å²) in [4.78, 5) is 6.70. The van der Waals surface area contributed by atoms with Gasteiger partial charge in [-0.05, 0) is 50.2 Å². The van der Waals surface area contributed by atoms with Crippen LogP contribution < -0.4 is 5.32 Å². The molecule has 2 aromatic rings. The lowest BCUT2D eigenvalue weighted by Crippen LogP contribution is -2.42. The summed E-state index contributed by atoms with van der Waals surface area (Å²) in [6, 6.07) is 9.54. The fourth-order valence-electron chi connectivity index (χ4n) is 3.09. The third kappa shape index (κ3) is 3.52. The van der Waals surface area contributed by atoms with Crippen LogP contribution in [0.4, 0.5) is 0 Å². The van der Waals surface area contributed by atoms with Gasteiger partial charge in [-0.3, -0.25) is 4.90 Å². The number of hydrogen-bond acceptors (Lipinski definition) is 3. The van der Waals surface area contributed by atoms with E-state index in [2.05, 4.69) is 46.4 Å². The Balaban J connectivity index is 1.66. The molecule has 3 rings (SSSR count). The fraction of sp³-hybridized carbons (Fsp3) is 0.471. The molecule has 4 nitrogen and oxygen atoms in total. The molecule has 2 heterocycles. The molecule has 112 valence electrons. The molecule has 1 N–H and O–H groups in total. The molecule has 21 heavy (non-hydrogen) atoms. The van der Waals surface area contributed by atoms with Gasteiger partial charge in [0.1, 0.15) is 0 Å². The van der Waals surface area contributed by atoms with Crippen LogP contribution in [-0.4, -0.2) is 40.1 Å². The van der Waals surface area contributed by atoms with Crippen molar-refractivity contribution in [2.24, 2.45) is 0 Å². The molecule has 0 unspecified atom stereocenters. The summed E-state index contributed by atoms with van der Waals surface area (Å²) >= 11 is 0. The van der Waals surface area contributed by atoms with E-state index in [0.29, 0.717) is 0 Å². The van der Waals surface area contributed by atoms with Gasteiger partial charge in [0, 0.05) is 30.7 Å². The average Bonchev–Trinajstić information content (AvgIpc) is 3.08. The Hall–Kier alpha value is -1.65. The minimum atomic E-state index is 0.726. The molecular weight excluding hydrogens is 260 g/mol. The van der Waals surface area contributed by atoms with E-state index in [1.54, 1.807) is 0 Å². The lowest BCUT2D eigenvalue weighted by atomic mass is 10.0. The molecule has 0 aliphatic carbocycles. The van der Waals surface area contributed by atoms with Crippen LogP contribution >= 0.6 is 0 Å². The van der Waals surface area contributed by atoms with Gasteiger partial charge in [-0.25, -0.2) is 4.98 Å². The van der Waals surface area contributed by atoms with Gasteiger partial charge in [0.2, 0.25) is 0 Å². The monoisotopic (exact) mass is 284 g/mol. The lowest BCUT2D eigenvalue weighted by molar-refractivity contribution is 0.162. The first-order chi connectivity index (χ1) is 10.4. The highest BCUT2D eigenvalue weighted by molar-refractivity contribution is 5.34. The third-order valence-electron chi connectivity index (χ3n) is 4.36. The minimum Gasteiger partial charge on any atom is -0.317 e. The molecule has 1 aliphatic heterocycles. The summed E-state index contributed by atoms with van der Waals surface area (Å²) in [5.41, 5.74) is 2.56. The third-order valence-corrected chi connectivity index (χ3v) is 4.36. The zero-order valence-corrected chi connectivity index (χ0v) is 12.7. The molecule has 0 amide bonds. The van der Waals surface area contributed by atoms with E-state index in [-0.39, 0.29) is 0 Å². The Labute approximate surface area is 126 Å². The van der Waals surface area contributed by atoms with E-state index in [9.17, 15) is 0 Å². The quantitative estimate of drug-likeness (QED) is 0.915. The predicted molar refractivity (Wildman–Crippen MR) is 85.5 cm³/mol. The largest absolute Gasteiger partial charge is 0.317 e. The summed E-state index contributed by atoms with van der Waals surface area (Å²) < 4.78 is 2.04. The van der Waals surface area contributed by atoms with Crippen LogP contribution in [0.3, 0.4) is 0 Å². The smallest absolute Gasteiger partial charge is 0.0991 e. The number of nitrogens with zero attached hydrogens (tertiary/aromatic N) is 3. The number of benzene rings is 1. The van der Waals surface area contributed by atoms with E-state index >= 15 is 0 Å². The molecule has 1 saturated heterocycles. The number of rotatable bonds is 5. The molecule has 0 atom stereocenters. The van der Waals surface area contributed by atoms with Crippen molar-refractivity contribution in [3.63, 3.8) is 0 Å². The van der Waals surface area contributed by atoms with Crippen molar-refractivity contribution in [2.75, 3.05) is 19.6 Å². The number of imidazole rings is 1. The Morgan fingerprint density at radius 3 is 2.62 bits per heavy atom. The van der Waals surface area contributed by atoms with E-state index in [1.165, 1.54) is 24.1 Å². The van der Waals surface area contributed by atoms with Crippen LogP contribution in [0.1, 0.15) is 25.3 Å². The van der Waals surface area contributed by atoms with Gasteiger partial charge in [0.15, 0.2) is 0 Å².